The Labute approximate surface area is 104 Å². The van der Waals surface area contributed by atoms with Crippen molar-refractivity contribution in [2.24, 2.45) is 0 Å². The molecular weight excluding hydrogens is 264 g/mol. The Morgan fingerprint density at radius 2 is 1.75 bits per heavy atom. The van der Waals surface area contributed by atoms with E-state index in [1.807, 2.05) is 0 Å². The molecule has 0 N–H and O–H groups in total. The van der Waals surface area contributed by atoms with Gasteiger partial charge in [-0.3, -0.25) is 4.79 Å². The highest BCUT2D eigenvalue weighted by molar-refractivity contribution is 9.10. The number of aldehydes is 1. The van der Waals surface area contributed by atoms with Gasteiger partial charge in [0, 0.05) is 10.0 Å². The predicted molar refractivity (Wildman–Crippen MR) is 68.1 cm³/mol. The summed E-state index contributed by atoms with van der Waals surface area (Å²) in [7, 11) is 0. The number of fused-ring (bicyclic) bond motifs is 5. The van der Waals surface area contributed by atoms with Crippen molar-refractivity contribution in [3.8, 4) is 0 Å². The first-order chi connectivity index (χ1) is 7.48. The van der Waals surface area contributed by atoms with E-state index in [1.54, 1.807) is 0 Å². The third-order valence-corrected chi connectivity index (χ3v) is 5.26. The summed E-state index contributed by atoms with van der Waals surface area (Å²) in [5.41, 5.74) is 4.30. The largest absolute Gasteiger partial charge is 0.298 e. The summed E-state index contributed by atoms with van der Waals surface area (Å²) < 4.78 is 0.943. The standard InChI is InChI=1S/C14H15BrO/c1-13-3-4-14(2,8-13)11-6-12(15)9(7-16)5-10(11)13/h5-7H,3-4,8H2,1-2H3. The van der Waals surface area contributed by atoms with Crippen molar-refractivity contribution in [1.29, 1.82) is 0 Å². The Morgan fingerprint density at radius 1 is 1.19 bits per heavy atom. The zero-order chi connectivity index (χ0) is 11.6. The van der Waals surface area contributed by atoms with E-state index in [-0.39, 0.29) is 0 Å². The van der Waals surface area contributed by atoms with Gasteiger partial charge in [-0.15, -0.1) is 0 Å². The lowest BCUT2D eigenvalue weighted by Gasteiger charge is -2.27. The number of carbonyl (C=O) groups excluding carboxylic acids is 1. The minimum Gasteiger partial charge on any atom is -0.298 e. The normalized spacial score (nSPS) is 35.2. The van der Waals surface area contributed by atoms with Gasteiger partial charge in [0.05, 0.1) is 0 Å². The number of carbonyl (C=O) groups is 1. The first-order valence-electron chi connectivity index (χ1n) is 5.78. The summed E-state index contributed by atoms with van der Waals surface area (Å²) in [6.07, 6.45) is 4.73. The fraction of sp³-hybridized carbons (Fsp3) is 0.500. The Morgan fingerprint density at radius 3 is 2.31 bits per heavy atom. The number of hydrogen-bond acceptors (Lipinski definition) is 1. The van der Waals surface area contributed by atoms with Crippen molar-refractivity contribution in [2.75, 3.05) is 0 Å². The smallest absolute Gasteiger partial charge is 0.151 e. The highest BCUT2D eigenvalue weighted by Crippen LogP contribution is 2.60. The summed E-state index contributed by atoms with van der Waals surface area (Å²) in [5.74, 6) is 0. The molecule has 2 aliphatic rings. The maximum atomic E-state index is 11.0. The summed E-state index contributed by atoms with van der Waals surface area (Å²) >= 11 is 3.49. The van der Waals surface area contributed by atoms with E-state index in [1.165, 1.54) is 30.4 Å². The fourth-order valence-corrected chi connectivity index (χ4v) is 4.17. The van der Waals surface area contributed by atoms with Crippen molar-refractivity contribution in [3.05, 3.63) is 33.3 Å². The van der Waals surface area contributed by atoms with Crippen LogP contribution in [0.3, 0.4) is 0 Å². The number of benzene rings is 1. The van der Waals surface area contributed by atoms with Crippen molar-refractivity contribution >= 4 is 22.2 Å². The fourth-order valence-electron chi connectivity index (χ4n) is 3.73. The number of halogens is 1. The average molecular weight is 279 g/mol. The third kappa shape index (κ3) is 1.14. The first kappa shape index (κ1) is 10.5. The molecule has 0 heterocycles. The van der Waals surface area contributed by atoms with Crippen LogP contribution in [0.2, 0.25) is 0 Å². The molecule has 2 bridgehead atoms. The van der Waals surface area contributed by atoms with E-state index in [4.69, 9.17) is 0 Å². The molecule has 0 radical (unpaired) electrons. The molecule has 2 aliphatic carbocycles. The molecule has 16 heavy (non-hydrogen) atoms. The second-order valence-corrected chi connectivity index (χ2v) is 6.69. The molecule has 84 valence electrons. The lowest BCUT2D eigenvalue weighted by atomic mass is 9.78. The summed E-state index contributed by atoms with van der Waals surface area (Å²) in [6, 6.07) is 4.26. The summed E-state index contributed by atoms with van der Waals surface area (Å²) in [5, 5.41) is 0. The molecule has 1 saturated carbocycles. The Kier molecular flexibility index (Phi) is 1.96. The first-order valence-corrected chi connectivity index (χ1v) is 6.58. The van der Waals surface area contributed by atoms with E-state index in [0.717, 1.165) is 16.3 Å². The van der Waals surface area contributed by atoms with Crippen LogP contribution in [0.1, 0.15) is 54.6 Å². The molecule has 2 unspecified atom stereocenters. The molecule has 0 amide bonds. The monoisotopic (exact) mass is 278 g/mol. The van der Waals surface area contributed by atoms with Crippen molar-refractivity contribution < 1.29 is 4.79 Å². The molecule has 1 fully saturated rings. The van der Waals surface area contributed by atoms with Gasteiger partial charge >= 0.3 is 0 Å². The minimum absolute atomic E-state index is 0.308. The predicted octanol–water partition coefficient (Wildman–Crippen LogP) is 3.97. The van der Waals surface area contributed by atoms with Gasteiger partial charge in [-0.05, 0) is 53.4 Å². The van der Waals surface area contributed by atoms with Crippen molar-refractivity contribution in [2.45, 2.75) is 43.9 Å². The Hall–Kier alpha value is -0.630. The van der Waals surface area contributed by atoms with Crippen LogP contribution in [0.5, 0.6) is 0 Å². The molecule has 2 heteroatoms. The SMILES string of the molecule is CC12CCC(C)(C1)c1cc(C=O)c(Br)cc12. The van der Waals surface area contributed by atoms with Gasteiger partial charge in [0.15, 0.2) is 6.29 Å². The van der Waals surface area contributed by atoms with Crippen LogP contribution in [0.25, 0.3) is 0 Å². The zero-order valence-corrected chi connectivity index (χ0v) is 11.2. The van der Waals surface area contributed by atoms with Gasteiger partial charge in [-0.25, -0.2) is 0 Å². The second-order valence-electron chi connectivity index (χ2n) is 5.84. The van der Waals surface area contributed by atoms with E-state index >= 15 is 0 Å². The third-order valence-electron chi connectivity index (χ3n) is 4.57. The lowest BCUT2D eigenvalue weighted by Crippen LogP contribution is -2.18. The van der Waals surface area contributed by atoms with Crippen molar-refractivity contribution in [3.63, 3.8) is 0 Å². The molecule has 1 aromatic carbocycles. The van der Waals surface area contributed by atoms with Crippen LogP contribution in [0.4, 0.5) is 0 Å². The number of rotatable bonds is 1. The number of hydrogen-bond donors (Lipinski definition) is 0. The van der Waals surface area contributed by atoms with E-state index in [0.29, 0.717) is 10.8 Å². The summed E-state index contributed by atoms with van der Waals surface area (Å²) in [6.45, 7) is 4.70. The maximum absolute atomic E-state index is 11.0. The molecule has 1 aromatic rings. The van der Waals surface area contributed by atoms with Gasteiger partial charge in [-0.1, -0.05) is 29.8 Å². The minimum atomic E-state index is 0.308. The van der Waals surface area contributed by atoms with Gasteiger partial charge in [0.25, 0.3) is 0 Å². The summed E-state index contributed by atoms with van der Waals surface area (Å²) in [4.78, 5) is 11.0. The lowest BCUT2D eigenvalue weighted by molar-refractivity contribution is 0.112. The molecule has 3 rings (SSSR count). The highest BCUT2D eigenvalue weighted by Gasteiger charge is 2.52. The van der Waals surface area contributed by atoms with Crippen LogP contribution in [0, 0.1) is 0 Å². The molecule has 0 spiro atoms. The van der Waals surface area contributed by atoms with Gasteiger partial charge in [0.1, 0.15) is 0 Å². The van der Waals surface area contributed by atoms with Crippen LogP contribution < -0.4 is 0 Å². The molecule has 0 saturated heterocycles. The van der Waals surface area contributed by atoms with Crippen LogP contribution >= 0.6 is 15.9 Å². The maximum Gasteiger partial charge on any atom is 0.151 e. The van der Waals surface area contributed by atoms with E-state index < -0.39 is 0 Å². The Balaban J connectivity index is 2.29. The van der Waals surface area contributed by atoms with E-state index in [9.17, 15) is 4.79 Å². The average Bonchev–Trinajstić information content (AvgIpc) is 2.65. The molecule has 1 nitrogen and oxygen atoms in total. The Bertz CT molecular complexity index is 494. The zero-order valence-electron chi connectivity index (χ0n) is 9.64. The molecule has 0 aromatic heterocycles. The quantitative estimate of drug-likeness (QED) is 0.711. The van der Waals surface area contributed by atoms with E-state index in [2.05, 4.69) is 41.9 Å². The molecular formula is C14H15BrO. The van der Waals surface area contributed by atoms with Gasteiger partial charge < -0.3 is 0 Å². The second kappa shape index (κ2) is 2.98. The molecule has 2 atom stereocenters. The van der Waals surface area contributed by atoms with Gasteiger partial charge in [-0.2, -0.15) is 0 Å². The van der Waals surface area contributed by atoms with Crippen molar-refractivity contribution in [1.82, 2.24) is 0 Å². The van der Waals surface area contributed by atoms with Crippen LogP contribution in [-0.2, 0) is 10.8 Å². The van der Waals surface area contributed by atoms with Crippen LogP contribution in [0.15, 0.2) is 16.6 Å². The van der Waals surface area contributed by atoms with Gasteiger partial charge in [0.2, 0.25) is 0 Å². The highest BCUT2D eigenvalue weighted by atomic mass is 79.9. The molecule has 0 aliphatic heterocycles. The van der Waals surface area contributed by atoms with Crippen LogP contribution in [-0.4, -0.2) is 6.29 Å². The topological polar surface area (TPSA) is 17.1 Å².